The quantitative estimate of drug-likeness (QED) is 0.890. The molecular formula is C14H13FN2O2. The van der Waals surface area contributed by atoms with Crippen molar-refractivity contribution in [3.05, 3.63) is 59.7 Å². The molecule has 1 heterocycles. The summed E-state index contributed by atoms with van der Waals surface area (Å²) in [4.78, 5) is 15.7. The Morgan fingerprint density at radius 3 is 2.63 bits per heavy atom. The van der Waals surface area contributed by atoms with Crippen molar-refractivity contribution in [2.24, 2.45) is 0 Å². The minimum atomic E-state index is -0.477. The van der Waals surface area contributed by atoms with Crippen molar-refractivity contribution < 1.29 is 14.3 Å². The van der Waals surface area contributed by atoms with Crippen LogP contribution >= 0.6 is 0 Å². The molecule has 2 N–H and O–H groups in total. The summed E-state index contributed by atoms with van der Waals surface area (Å²) in [5.41, 5.74) is 0.738. The van der Waals surface area contributed by atoms with E-state index in [1.54, 1.807) is 19.1 Å². The number of carbonyl (C=O) groups excluding carboxylic acids is 1. The van der Waals surface area contributed by atoms with Crippen LogP contribution in [0.2, 0.25) is 0 Å². The molecule has 19 heavy (non-hydrogen) atoms. The van der Waals surface area contributed by atoms with Crippen molar-refractivity contribution in [1.29, 1.82) is 0 Å². The number of amides is 1. The van der Waals surface area contributed by atoms with Gasteiger partial charge in [0.2, 0.25) is 0 Å². The maximum atomic E-state index is 12.8. The van der Waals surface area contributed by atoms with Gasteiger partial charge in [0.05, 0.1) is 6.04 Å². The number of nitrogens with zero attached hydrogens (tertiary/aromatic N) is 1. The van der Waals surface area contributed by atoms with Gasteiger partial charge in [-0.3, -0.25) is 4.79 Å². The van der Waals surface area contributed by atoms with Crippen molar-refractivity contribution in [3.63, 3.8) is 0 Å². The first-order chi connectivity index (χ1) is 9.08. The van der Waals surface area contributed by atoms with E-state index in [0.717, 1.165) is 5.56 Å². The Bertz CT molecular complexity index is 584. The highest BCUT2D eigenvalue weighted by molar-refractivity contribution is 5.94. The molecule has 4 nitrogen and oxygen atoms in total. The molecule has 98 valence electrons. The van der Waals surface area contributed by atoms with E-state index in [0.29, 0.717) is 0 Å². The molecule has 0 aliphatic rings. The normalized spacial score (nSPS) is 11.9. The molecule has 1 aromatic carbocycles. The van der Waals surface area contributed by atoms with Crippen molar-refractivity contribution in [2.45, 2.75) is 13.0 Å². The van der Waals surface area contributed by atoms with Crippen molar-refractivity contribution in [3.8, 4) is 5.75 Å². The predicted molar refractivity (Wildman–Crippen MR) is 68.2 cm³/mol. The van der Waals surface area contributed by atoms with Crippen LogP contribution in [0.4, 0.5) is 4.39 Å². The van der Waals surface area contributed by atoms with Crippen LogP contribution < -0.4 is 5.32 Å². The fraction of sp³-hybridized carbons (Fsp3) is 0.143. The summed E-state index contributed by atoms with van der Waals surface area (Å²) in [5.74, 6) is -0.981. The van der Waals surface area contributed by atoms with Crippen LogP contribution in [0, 0.1) is 5.82 Å². The number of hydrogen-bond donors (Lipinski definition) is 2. The van der Waals surface area contributed by atoms with Gasteiger partial charge in [-0.05, 0) is 36.8 Å². The summed E-state index contributed by atoms with van der Waals surface area (Å²) in [7, 11) is 0. The van der Waals surface area contributed by atoms with Crippen LogP contribution in [0.25, 0.3) is 0 Å². The van der Waals surface area contributed by atoms with Gasteiger partial charge in [-0.2, -0.15) is 0 Å². The fourth-order valence-electron chi connectivity index (χ4n) is 1.67. The third kappa shape index (κ3) is 3.07. The number of aromatic nitrogens is 1. The van der Waals surface area contributed by atoms with Gasteiger partial charge in [0.1, 0.15) is 11.6 Å². The molecule has 1 atom stereocenters. The highest BCUT2D eigenvalue weighted by atomic mass is 19.1. The molecule has 0 saturated heterocycles. The first-order valence-electron chi connectivity index (χ1n) is 5.78. The number of nitrogens with one attached hydrogen (secondary N) is 1. The minimum absolute atomic E-state index is 0.0311. The number of pyridine rings is 1. The lowest BCUT2D eigenvalue weighted by atomic mass is 10.1. The molecular weight excluding hydrogens is 247 g/mol. The summed E-state index contributed by atoms with van der Waals surface area (Å²) in [6.45, 7) is 1.77. The standard InChI is InChI=1S/C14H13FN2O2/c1-9(10-4-6-11(15)7-5-10)17-14(19)13-12(18)3-2-8-16-13/h2-9,18H,1H3,(H,17,19). The zero-order valence-corrected chi connectivity index (χ0v) is 10.3. The van der Waals surface area contributed by atoms with Crippen LogP contribution in [0.1, 0.15) is 29.0 Å². The third-order valence-electron chi connectivity index (χ3n) is 2.72. The summed E-state index contributed by atoms with van der Waals surface area (Å²) >= 11 is 0. The van der Waals surface area contributed by atoms with E-state index in [4.69, 9.17) is 0 Å². The monoisotopic (exact) mass is 260 g/mol. The van der Waals surface area contributed by atoms with Gasteiger partial charge in [0.25, 0.3) is 5.91 Å². The molecule has 0 radical (unpaired) electrons. The predicted octanol–water partition coefficient (Wildman–Crippen LogP) is 2.42. The topological polar surface area (TPSA) is 62.2 Å². The number of aromatic hydroxyl groups is 1. The Morgan fingerprint density at radius 2 is 2.00 bits per heavy atom. The van der Waals surface area contributed by atoms with Crippen molar-refractivity contribution in [2.75, 3.05) is 0 Å². The zero-order chi connectivity index (χ0) is 13.8. The van der Waals surface area contributed by atoms with Gasteiger partial charge < -0.3 is 10.4 Å². The van der Waals surface area contributed by atoms with E-state index < -0.39 is 5.91 Å². The Morgan fingerprint density at radius 1 is 1.32 bits per heavy atom. The Kier molecular flexibility index (Phi) is 3.75. The van der Waals surface area contributed by atoms with E-state index in [1.165, 1.54) is 30.5 Å². The highest BCUT2D eigenvalue weighted by Crippen LogP contribution is 2.16. The SMILES string of the molecule is CC(NC(=O)c1ncccc1O)c1ccc(F)cc1. The molecule has 0 aliphatic carbocycles. The molecule has 1 unspecified atom stereocenters. The van der Waals surface area contributed by atoms with Crippen LogP contribution in [0.5, 0.6) is 5.75 Å². The van der Waals surface area contributed by atoms with Gasteiger partial charge in [-0.1, -0.05) is 12.1 Å². The fourth-order valence-corrected chi connectivity index (χ4v) is 1.67. The van der Waals surface area contributed by atoms with E-state index >= 15 is 0 Å². The second-order valence-electron chi connectivity index (χ2n) is 4.12. The average Bonchev–Trinajstić information content (AvgIpc) is 2.39. The summed E-state index contributed by atoms with van der Waals surface area (Å²) in [6.07, 6.45) is 1.43. The van der Waals surface area contributed by atoms with Gasteiger partial charge in [0.15, 0.2) is 5.69 Å². The molecule has 0 saturated carbocycles. The second kappa shape index (κ2) is 5.48. The van der Waals surface area contributed by atoms with Crippen LogP contribution in [-0.4, -0.2) is 16.0 Å². The van der Waals surface area contributed by atoms with Crippen LogP contribution in [0.15, 0.2) is 42.6 Å². The molecule has 5 heteroatoms. The van der Waals surface area contributed by atoms with Gasteiger partial charge in [0, 0.05) is 6.20 Å². The van der Waals surface area contributed by atoms with E-state index in [2.05, 4.69) is 10.3 Å². The van der Waals surface area contributed by atoms with E-state index in [9.17, 15) is 14.3 Å². The molecule has 2 rings (SSSR count). The lowest BCUT2D eigenvalue weighted by molar-refractivity contribution is 0.0932. The maximum Gasteiger partial charge on any atom is 0.274 e. The molecule has 0 fully saturated rings. The zero-order valence-electron chi connectivity index (χ0n) is 10.3. The summed E-state index contributed by atoms with van der Waals surface area (Å²) in [5, 5.41) is 12.2. The Balaban J connectivity index is 2.11. The van der Waals surface area contributed by atoms with Gasteiger partial charge >= 0.3 is 0 Å². The summed E-state index contributed by atoms with van der Waals surface area (Å²) < 4.78 is 12.8. The Hall–Kier alpha value is -2.43. The molecule has 1 aromatic heterocycles. The van der Waals surface area contributed by atoms with Crippen molar-refractivity contribution >= 4 is 5.91 Å². The van der Waals surface area contributed by atoms with Crippen LogP contribution in [-0.2, 0) is 0 Å². The van der Waals surface area contributed by atoms with Crippen molar-refractivity contribution in [1.82, 2.24) is 10.3 Å². The molecule has 0 spiro atoms. The molecule has 1 amide bonds. The van der Waals surface area contributed by atoms with E-state index in [-0.39, 0.29) is 23.3 Å². The first kappa shape index (κ1) is 13.0. The second-order valence-corrected chi connectivity index (χ2v) is 4.12. The number of benzene rings is 1. The molecule has 0 bridgehead atoms. The number of rotatable bonds is 3. The minimum Gasteiger partial charge on any atom is -0.505 e. The third-order valence-corrected chi connectivity index (χ3v) is 2.72. The highest BCUT2D eigenvalue weighted by Gasteiger charge is 2.15. The number of carbonyl (C=O) groups is 1. The number of hydrogen-bond acceptors (Lipinski definition) is 3. The lowest BCUT2D eigenvalue weighted by Gasteiger charge is -2.14. The molecule has 0 aliphatic heterocycles. The smallest absolute Gasteiger partial charge is 0.274 e. The van der Waals surface area contributed by atoms with E-state index in [1.807, 2.05) is 0 Å². The van der Waals surface area contributed by atoms with Crippen LogP contribution in [0.3, 0.4) is 0 Å². The first-order valence-corrected chi connectivity index (χ1v) is 5.78. The Labute approximate surface area is 109 Å². The summed E-state index contributed by atoms with van der Waals surface area (Å²) in [6, 6.07) is 8.47. The largest absolute Gasteiger partial charge is 0.505 e. The van der Waals surface area contributed by atoms with Gasteiger partial charge in [-0.15, -0.1) is 0 Å². The lowest BCUT2D eigenvalue weighted by Crippen LogP contribution is -2.27. The maximum absolute atomic E-state index is 12.8. The molecule has 2 aromatic rings. The van der Waals surface area contributed by atoms with Gasteiger partial charge in [-0.25, -0.2) is 9.37 Å². The average molecular weight is 260 g/mol. The number of halogens is 1.